The van der Waals surface area contributed by atoms with Crippen LogP contribution in [0.3, 0.4) is 0 Å². The van der Waals surface area contributed by atoms with E-state index in [0.717, 1.165) is 5.56 Å². The van der Waals surface area contributed by atoms with E-state index in [1.54, 1.807) is 4.90 Å². The van der Waals surface area contributed by atoms with Gasteiger partial charge < -0.3 is 4.90 Å². The van der Waals surface area contributed by atoms with E-state index in [2.05, 4.69) is 6.07 Å². The van der Waals surface area contributed by atoms with Crippen LogP contribution in [0, 0.1) is 11.3 Å². The summed E-state index contributed by atoms with van der Waals surface area (Å²) in [6, 6.07) is 11.7. The summed E-state index contributed by atoms with van der Waals surface area (Å²) >= 11 is 5.18. The SMILES string of the molecule is CN(CC#N)C(=S)c1ccccc1. The van der Waals surface area contributed by atoms with Gasteiger partial charge in [0.25, 0.3) is 0 Å². The highest BCUT2D eigenvalue weighted by Crippen LogP contribution is 2.03. The van der Waals surface area contributed by atoms with E-state index in [4.69, 9.17) is 17.5 Å². The van der Waals surface area contributed by atoms with Gasteiger partial charge in [0.15, 0.2) is 0 Å². The highest BCUT2D eigenvalue weighted by atomic mass is 32.1. The van der Waals surface area contributed by atoms with E-state index >= 15 is 0 Å². The summed E-state index contributed by atoms with van der Waals surface area (Å²) < 4.78 is 0. The molecule has 1 aromatic rings. The fraction of sp³-hybridized carbons (Fsp3) is 0.200. The third-order valence-corrected chi connectivity index (χ3v) is 2.22. The van der Waals surface area contributed by atoms with Gasteiger partial charge in [-0.25, -0.2) is 0 Å². The molecule has 0 aliphatic rings. The Hall–Kier alpha value is -1.40. The minimum absolute atomic E-state index is 0.327. The average molecular weight is 190 g/mol. The zero-order valence-electron chi connectivity index (χ0n) is 7.40. The number of nitriles is 1. The maximum absolute atomic E-state index is 8.48. The van der Waals surface area contributed by atoms with Gasteiger partial charge in [-0.3, -0.25) is 0 Å². The minimum atomic E-state index is 0.327. The summed E-state index contributed by atoms with van der Waals surface area (Å²) in [6.07, 6.45) is 0. The molecule has 1 aromatic carbocycles. The molecule has 0 fully saturated rings. The van der Waals surface area contributed by atoms with Crippen LogP contribution in [-0.2, 0) is 0 Å². The lowest BCUT2D eigenvalue weighted by molar-refractivity contribution is 0.582. The average Bonchev–Trinajstić information content (AvgIpc) is 2.18. The van der Waals surface area contributed by atoms with E-state index in [9.17, 15) is 0 Å². The van der Waals surface area contributed by atoms with Gasteiger partial charge in [0, 0.05) is 12.6 Å². The zero-order valence-corrected chi connectivity index (χ0v) is 8.21. The molecular formula is C10H10N2S. The molecule has 0 unspecified atom stereocenters. The van der Waals surface area contributed by atoms with Crippen molar-refractivity contribution in [1.29, 1.82) is 5.26 Å². The molecule has 0 bridgehead atoms. The second-order valence-electron chi connectivity index (χ2n) is 2.69. The van der Waals surface area contributed by atoms with Gasteiger partial charge in [-0.05, 0) is 0 Å². The van der Waals surface area contributed by atoms with Gasteiger partial charge in [0.05, 0.1) is 6.07 Å². The van der Waals surface area contributed by atoms with Crippen molar-refractivity contribution in [2.45, 2.75) is 0 Å². The third kappa shape index (κ3) is 2.53. The molecule has 0 aliphatic carbocycles. The molecule has 13 heavy (non-hydrogen) atoms. The smallest absolute Gasteiger partial charge is 0.109 e. The number of rotatable bonds is 2. The molecule has 0 amide bonds. The molecule has 1 rings (SSSR count). The molecule has 0 aromatic heterocycles. The lowest BCUT2D eigenvalue weighted by atomic mass is 10.2. The number of hydrogen-bond donors (Lipinski definition) is 0. The maximum Gasteiger partial charge on any atom is 0.109 e. The molecule has 2 nitrogen and oxygen atoms in total. The van der Waals surface area contributed by atoms with Crippen molar-refractivity contribution >= 4 is 17.2 Å². The number of benzene rings is 1. The van der Waals surface area contributed by atoms with Crippen LogP contribution in [0.15, 0.2) is 30.3 Å². The van der Waals surface area contributed by atoms with Crippen LogP contribution in [0.1, 0.15) is 5.56 Å². The Kier molecular flexibility index (Phi) is 3.41. The summed E-state index contributed by atoms with van der Waals surface area (Å²) in [5, 5.41) is 8.48. The Balaban J connectivity index is 2.75. The number of hydrogen-bond acceptors (Lipinski definition) is 2. The second kappa shape index (κ2) is 4.58. The summed E-state index contributed by atoms with van der Waals surface area (Å²) in [5.74, 6) is 0. The number of thiocarbonyl (C=S) groups is 1. The van der Waals surface area contributed by atoms with Crippen molar-refractivity contribution in [3.63, 3.8) is 0 Å². The molecule has 0 radical (unpaired) electrons. The third-order valence-electron chi connectivity index (χ3n) is 1.68. The topological polar surface area (TPSA) is 27.0 Å². The molecule has 3 heteroatoms. The first kappa shape index (κ1) is 9.69. The first-order valence-corrected chi connectivity index (χ1v) is 4.34. The number of nitrogens with zero attached hydrogens (tertiary/aromatic N) is 2. The minimum Gasteiger partial charge on any atom is -0.352 e. The molecule has 0 heterocycles. The highest BCUT2D eigenvalue weighted by Gasteiger charge is 2.04. The Morgan fingerprint density at radius 2 is 2.08 bits per heavy atom. The van der Waals surface area contributed by atoms with Crippen molar-refractivity contribution in [2.24, 2.45) is 0 Å². The molecule has 0 spiro atoms. The Morgan fingerprint density at radius 3 is 2.62 bits per heavy atom. The normalized spacial score (nSPS) is 8.92. The Labute approximate surface area is 83.4 Å². The predicted octanol–water partition coefficient (Wildman–Crippen LogP) is 1.82. The van der Waals surface area contributed by atoms with Gasteiger partial charge in [-0.2, -0.15) is 5.26 Å². The van der Waals surface area contributed by atoms with Crippen molar-refractivity contribution < 1.29 is 0 Å². The van der Waals surface area contributed by atoms with Gasteiger partial charge in [0.1, 0.15) is 11.5 Å². The van der Waals surface area contributed by atoms with Gasteiger partial charge >= 0.3 is 0 Å². The molecule has 0 saturated carbocycles. The summed E-state index contributed by atoms with van der Waals surface area (Å²) in [6.45, 7) is 0.327. The van der Waals surface area contributed by atoms with E-state index in [-0.39, 0.29) is 0 Å². The van der Waals surface area contributed by atoms with Crippen molar-refractivity contribution in [2.75, 3.05) is 13.6 Å². The first-order chi connectivity index (χ1) is 6.25. The second-order valence-corrected chi connectivity index (χ2v) is 3.07. The quantitative estimate of drug-likeness (QED) is 0.526. The Bertz CT molecular complexity index is 327. The van der Waals surface area contributed by atoms with Crippen LogP contribution in [0.5, 0.6) is 0 Å². The van der Waals surface area contributed by atoms with E-state index in [0.29, 0.717) is 11.5 Å². The van der Waals surface area contributed by atoms with Crippen molar-refractivity contribution in [1.82, 2.24) is 4.90 Å². The van der Waals surface area contributed by atoms with Crippen LogP contribution in [0.25, 0.3) is 0 Å². The summed E-state index contributed by atoms with van der Waals surface area (Å²) in [5.41, 5.74) is 0.982. The molecule has 0 N–H and O–H groups in total. The van der Waals surface area contributed by atoms with Crippen LogP contribution in [-0.4, -0.2) is 23.5 Å². The van der Waals surface area contributed by atoms with Crippen LogP contribution >= 0.6 is 12.2 Å². The van der Waals surface area contributed by atoms with Gasteiger partial charge in [-0.15, -0.1) is 0 Å². The largest absolute Gasteiger partial charge is 0.352 e. The van der Waals surface area contributed by atoms with Crippen LogP contribution in [0.4, 0.5) is 0 Å². The fourth-order valence-electron chi connectivity index (χ4n) is 0.979. The molecule has 0 atom stereocenters. The van der Waals surface area contributed by atoms with E-state index in [1.807, 2.05) is 37.4 Å². The predicted molar refractivity (Wildman–Crippen MR) is 56.4 cm³/mol. The summed E-state index contributed by atoms with van der Waals surface area (Å²) in [4.78, 5) is 2.46. The molecular weight excluding hydrogens is 180 g/mol. The van der Waals surface area contributed by atoms with Crippen molar-refractivity contribution in [3.8, 4) is 6.07 Å². The van der Waals surface area contributed by atoms with Crippen molar-refractivity contribution in [3.05, 3.63) is 35.9 Å². The highest BCUT2D eigenvalue weighted by molar-refractivity contribution is 7.80. The monoisotopic (exact) mass is 190 g/mol. The standard InChI is InChI=1S/C10H10N2S/c1-12(8-7-11)10(13)9-5-3-2-4-6-9/h2-6H,8H2,1H3. The fourth-order valence-corrected chi connectivity index (χ4v) is 1.18. The summed E-state index contributed by atoms with van der Waals surface area (Å²) in [7, 11) is 1.82. The van der Waals surface area contributed by atoms with Gasteiger partial charge in [-0.1, -0.05) is 42.5 Å². The van der Waals surface area contributed by atoms with Gasteiger partial charge in [0.2, 0.25) is 0 Å². The molecule has 66 valence electrons. The van der Waals surface area contributed by atoms with Crippen LogP contribution < -0.4 is 0 Å². The molecule has 0 aliphatic heterocycles. The molecule has 0 saturated heterocycles. The Morgan fingerprint density at radius 1 is 1.46 bits per heavy atom. The maximum atomic E-state index is 8.48. The van der Waals surface area contributed by atoms with Crippen LogP contribution in [0.2, 0.25) is 0 Å². The van der Waals surface area contributed by atoms with E-state index < -0.39 is 0 Å². The zero-order chi connectivity index (χ0) is 9.68. The lowest BCUT2D eigenvalue weighted by Crippen LogP contribution is -2.25. The lowest BCUT2D eigenvalue weighted by Gasteiger charge is -2.15. The van der Waals surface area contributed by atoms with E-state index in [1.165, 1.54) is 0 Å². The first-order valence-electron chi connectivity index (χ1n) is 3.93.